The average molecular weight is 282 g/mol. The van der Waals surface area contributed by atoms with Crippen molar-refractivity contribution in [1.82, 2.24) is 10.2 Å². The van der Waals surface area contributed by atoms with E-state index >= 15 is 0 Å². The van der Waals surface area contributed by atoms with E-state index in [-0.39, 0.29) is 6.54 Å². The van der Waals surface area contributed by atoms with Gasteiger partial charge < -0.3 is 5.11 Å². The molecule has 1 fully saturated rings. The van der Waals surface area contributed by atoms with Crippen molar-refractivity contribution in [2.75, 3.05) is 6.54 Å². The first kappa shape index (κ1) is 15.4. The first-order valence-corrected chi connectivity index (χ1v) is 5.46. The number of imide groups is 1. The Kier molecular flexibility index (Phi) is 3.89. The highest BCUT2D eigenvalue weighted by Crippen LogP contribution is 2.32. The summed E-state index contributed by atoms with van der Waals surface area (Å²) in [6.45, 7) is 1.95. The number of hydrogen-bond acceptors (Lipinski definition) is 4. The van der Waals surface area contributed by atoms with Gasteiger partial charge in [-0.15, -0.1) is 0 Å². The van der Waals surface area contributed by atoms with E-state index in [4.69, 9.17) is 5.11 Å². The quantitative estimate of drug-likeness (QED) is 0.716. The molecule has 0 bridgehead atoms. The number of likely N-dealkylation sites (N-methyl/N-ethyl adjacent to an activating group) is 1. The van der Waals surface area contributed by atoms with Crippen LogP contribution in [0.1, 0.15) is 20.3 Å². The number of carbonyl (C=O) groups is 3. The van der Waals surface area contributed by atoms with E-state index in [1.54, 1.807) is 5.32 Å². The fraction of sp³-hybridized carbons (Fsp3) is 0.700. The molecule has 9 heteroatoms. The van der Waals surface area contributed by atoms with E-state index in [0.717, 1.165) is 4.90 Å². The van der Waals surface area contributed by atoms with Gasteiger partial charge in [0.05, 0.1) is 12.5 Å². The lowest BCUT2D eigenvalue weighted by Gasteiger charge is -2.30. The van der Waals surface area contributed by atoms with Crippen LogP contribution < -0.4 is 5.32 Å². The molecule has 0 aromatic carbocycles. The van der Waals surface area contributed by atoms with E-state index in [0.29, 0.717) is 6.92 Å². The third-order valence-corrected chi connectivity index (χ3v) is 3.02. The second-order valence-corrected chi connectivity index (χ2v) is 4.31. The SMILES string of the molecule is CCN1C(=O)CC(NC(C)(C(=O)O)C(F)(F)F)C1=O. The second-order valence-electron chi connectivity index (χ2n) is 4.31. The van der Waals surface area contributed by atoms with Gasteiger partial charge in [-0.3, -0.25) is 19.8 Å². The fourth-order valence-corrected chi connectivity index (χ4v) is 1.74. The van der Waals surface area contributed by atoms with Gasteiger partial charge in [0, 0.05) is 6.54 Å². The number of hydrogen-bond donors (Lipinski definition) is 2. The summed E-state index contributed by atoms with van der Waals surface area (Å²) in [5.41, 5.74) is -3.28. The van der Waals surface area contributed by atoms with E-state index in [1.165, 1.54) is 6.92 Å². The standard InChI is InChI=1S/C10H13F3N2O4/c1-3-15-6(16)4-5(7(15)17)14-9(2,8(18)19)10(11,12)13/h5,14H,3-4H2,1-2H3,(H,18,19). The summed E-state index contributed by atoms with van der Waals surface area (Å²) in [4.78, 5) is 34.6. The minimum Gasteiger partial charge on any atom is -0.480 e. The van der Waals surface area contributed by atoms with E-state index < -0.39 is 42.0 Å². The van der Waals surface area contributed by atoms with Crippen LogP contribution in [0.5, 0.6) is 0 Å². The van der Waals surface area contributed by atoms with Crippen LogP contribution in [0.4, 0.5) is 13.2 Å². The number of amides is 2. The number of nitrogens with zero attached hydrogens (tertiary/aromatic N) is 1. The summed E-state index contributed by atoms with van der Waals surface area (Å²) in [5.74, 6) is -3.63. The number of carboxylic acid groups (broad SMARTS) is 1. The van der Waals surface area contributed by atoms with Crippen LogP contribution in [0.3, 0.4) is 0 Å². The first-order valence-electron chi connectivity index (χ1n) is 5.46. The maximum Gasteiger partial charge on any atom is 0.417 e. The Morgan fingerprint density at radius 3 is 2.32 bits per heavy atom. The minimum atomic E-state index is -5.10. The molecule has 19 heavy (non-hydrogen) atoms. The molecular formula is C10H13F3N2O4. The number of likely N-dealkylation sites (tertiary alicyclic amines) is 1. The Labute approximate surface area is 106 Å². The minimum absolute atomic E-state index is 0.0334. The summed E-state index contributed by atoms with van der Waals surface area (Å²) in [6, 6.07) is -1.48. The Balaban J connectivity index is 2.98. The molecule has 1 aliphatic rings. The predicted molar refractivity (Wildman–Crippen MR) is 56.0 cm³/mol. The summed E-state index contributed by atoms with van der Waals surface area (Å²) in [6.07, 6.45) is -5.58. The van der Waals surface area contributed by atoms with Crippen molar-refractivity contribution in [3.05, 3.63) is 0 Å². The van der Waals surface area contributed by atoms with Crippen molar-refractivity contribution in [2.24, 2.45) is 0 Å². The lowest BCUT2D eigenvalue weighted by atomic mass is 10.00. The lowest BCUT2D eigenvalue weighted by molar-refractivity contribution is -0.207. The Morgan fingerprint density at radius 2 is 2.00 bits per heavy atom. The molecule has 0 aromatic heterocycles. The predicted octanol–water partition coefficient (Wildman–Crippen LogP) is 0.129. The molecule has 1 heterocycles. The van der Waals surface area contributed by atoms with Crippen LogP contribution in [0.25, 0.3) is 0 Å². The zero-order chi connectivity index (χ0) is 15.0. The van der Waals surface area contributed by atoms with E-state index in [9.17, 15) is 27.6 Å². The van der Waals surface area contributed by atoms with Gasteiger partial charge in [0.2, 0.25) is 17.4 Å². The van der Waals surface area contributed by atoms with E-state index in [2.05, 4.69) is 0 Å². The molecular weight excluding hydrogens is 269 g/mol. The van der Waals surface area contributed by atoms with Crippen molar-refractivity contribution in [2.45, 2.75) is 38.0 Å². The monoisotopic (exact) mass is 282 g/mol. The molecule has 108 valence electrons. The fourth-order valence-electron chi connectivity index (χ4n) is 1.74. The Hall–Kier alpha value is -1.64. The van der Waals surface area contributed by atoms with Crippen LogP contribution in [0.2, 0.25) is 0 Å². The van der Waals surface area contributed by atoms with Crippen molar-refractivity contribution in [3.63, 3.8) is 0 Å². The van der Waals surface area contributed by atoms with Crippen molar-refractivity contribution in [1.29, 1.82) is 0 Å². The van der Waals surface area contributed by atoms with Crippen molar-refractivity contribution < 1.29 is 32.7 Å². The third-order valence-electron chi connectivity index (χ3n) is 3.02. The van der Waals surface area contributed by atoms with Crippen molar-refractivity contribution in [3.8, 4) is 0 Å². The maximum atomic E-state index is 12.8. The second kappa shape index (κ2) is 4.80. The van der Waals surface area contributed by atoms with Crippen LogP contribution in [-0.2, 0) is 14.4 Å². The molecule has 1 aliphatic heterocycles. The first-order chi connectivity index (χ1) is 8.54. The molecule has 0 saturated carbocycles. The number of halogens is 3. The van der Waals surface area contributed by atoms with Crippen LogP contribution in [-0.4, -0.2) is 52.1 Å². The topological polar surface area (TPSA) is 86.7 Å². The summed E-state index contributed by atoms with van der Waals surface area (Å²) in [5, 5.41) is 10.5. The molecule has 0 radical (unpaired) electrons. The van der Waals surface area contributed by atoms with E-state index in [1.807, 2.05) is 0 Å². The lowest BCUT2D eigenvalue weighted by Crippen LogP contribution is -2.64. The van der Waals surface area contributed by atoms with Gasteiger partial charge in [0.25, 0.3) is 0 Å². The molecule has 0 spiro atoms. The van der Waals surface area contributed by atoms with Gasteiger partial charge in [-0.1, -0.05) is 0 Å². The van der Waals surface area contributed by atoms with Gasteiger partial charge in [0.1, 0.15) is 0 Å². The summed E-state index contributed by atoms with van der Waals surface area (Å²) < 4.78 is 38.3. The molecule has 2 N–H and O–H groups in total. The molecule has 1 saturated heterocycles. The highest BCUT2D eigenvalue weighted by molar-refractivity contribution is 6.05. The zero-order valence-corrected chi connectivity index (χ0v) is 10.2. The van der Waals surface area contributed by atoms with Gasteiger partial charge in [0.15, 0.2) is 0 Å². The molecule has 2 unspecified atom stereocenters. The summed E-state index contributed by atoms with van der Waals surface area (Å²) in [7, 11) is 0. The Morgan fingerprint density at radius 1 is 1.47 bits per heavy atom. The molecule has 2 atom stereocenters. The van der Waals surface area contributed by atoms with Gasteiger partial charge >= 0.3 is 12.1 Å². The Bertz CT molecular complexity index is 423. The van der Waals surface area contributed by atoms with Crippen LogP contribution >= 0.6 is 0 Å². The van der Waals surface area contributed by atoms with Crippen LogP contribution in [0.15, 0.2) is 0 Å². The molecule has 1 rings (SSSR count). The van der Waals surface area contributed by atoms with Crippen molar-refractivity contribution >= 4 is 17.8 Å². The molecule has 2 amide bonds. The number of rotatable bonds is 4. The highest BCUT2D eigenvalue weighted by atomic mass is 19.4. The van der Waals surface area contributed by atoms with Gasteiger partial charge in [-0.2, -0.15) is 13.2 Å². The summed E-state index contributed by atoms with van der Waals surface area (Å²) >= 11 is 0. The maximum absolute atomic E-state index is 12.8. The normalized spacial score (nSPS) is 23.6. The van der Waals surface area contributed by atoms with Gasteiger partial charge in [-0.05, 0) is 13.8 Å². The molecule has 0 aliphatic carbocycles. The largest absolute Gasteiger partial charge is 0.480 e. The number of carbonyl (C=O) groups excluding carboxylic acids is 2. The molecule has 0 aromatic rings. The number of carboxylic acids is 1. The average Bonchev–Trinajstić information content (AvgIpc) is 2.51. The number of alkyl halides is 3. The smallest absolute Gasteiger partial charge is 0.417 e. The molecule has 6 nitrogen and oxygen atoms in total. The van der Waals surface area contributed by atoms with Gasteiger partial charge in [-0.25, -0.2) is 4.79 Å². The number of aliphatic carboxylic acids is 1. The zero-order valence-electron chi connectivity index (χ0n) is 10.2. The highest BCUT2D eigenvalue weighted by Gasteiger charge is 2.59. The third kappa shape index (κ3) is 2.55. The van der Waals surface area contributed by atoms with Crippen LogP contribution in [0, 0.1) is 0 Å². The number of nitrogens with one attached hydrogen (secondary N) is 1.